The van der Waals surface area contributed by atoms with E-state index in [1.807, 2.05) is 13.0 Å². The topological polar surface area (TPSA) is 77.2 Å². The van der Waals surface area contributed by atoms with Gasteiger partial charge in [0.1, 0.15) is 5.82 Å². The fourth-order valence-corrected chi connectivity index (χ4v) is 2.19. The largest absolute Gasteiger partial charge is 0.465 e. The number of nitrogens with two attached hydrogens (primary N) is 1. The third-order valence-electron chi connectivity index (χ3n) is 2.88. The van der Waals surface area contributed by atoms with Gasteiger partial charge in [-0.2, -0.15) is 0 Å². The summed E-state index contributed by atoms with van der Waals surface area (Å²) in [4.78, 5) is 15.7. The highest BCUT2D eigenvalue weighted by Crippen LogP contribution is 2.35. The first kappa shape index (κ1) is 15.4. The maximum absolute atomic E-state index is 11.6. The molecule has 0 atom stereocenters. The molecule has 0 amide bonds. The Labute approximate surface area is 132 Å². The van der Waals surface area contributed by atoms with Gasteiger partial charge in [-0.1, -0.05) is 29.3 Å². The molecule has 2 aromatic rings. The van der Waals surface area contributed by atoms with E-state index in [1.165, 1.54) is 19.4 Å². The summed E-state index contributed by atoms with van der Waals surface area (Å²) in [5.74, 6) is -0.154. The molecule has 7 heteroatoms. The number of carbonyl (C=O) groups is 1. The minimum Gasteiger partial charge on any atom is -0.465 e. The van der Waals surface area contributed by atoms with Gasteiger partial charge in [-0.3, -0.25) is 0 Å². The molecule has 0 fully saturated rings. The average Bonchev–Trinajstić information content (AvgIpc) is 2.48. The van der Waals surface area contributed by atoms with E-state index in [0.29, 0.717) is 21.6 Å². The lowest BCUT2D eigenvalue weighted by molar-refractivity contribution is 0.0602. The minimum atomic E-state index is -0.542. The molecule has 0 aliphatic rings. The van der Waals surface area contributed by atoms with Gasteiger partial charge in [0, 0.05) is 0 Å². The first-order valence-electron chi connectivity index (χ1n) is 5.99. The van der Waals surface area contributed by atoms with Crippen molar-refractivity contribution < 1.29 is 9.53 Å². The number of pyridine rings is 1. The second-order valence-electron chi connectivity index (χ2n) is 4.33. The molecule has 1 aromatic carbocycles. The van der Waals surface area contributed by atoms with Gasteiger partial charge in [0.25, 0.3) is 0 Å². The molecule has 0 radical (unpaired) electrons. The number of benzene rings is 1. The number of aryl methyl sites for hydroxylation is 1. The lowest BCUT2D eigenvalue weighted by atomic mass is 10.2. The van der Waals surface area contributed by atoms with Crippen molar-refractivity contribution in [3.05, 3.63) is 45.6 Å². The fraction of sp³-hybridized carbons (Fsp3) is 0.143. The molecule has 2 rings (SSSR count). The Morgan fingerprint density at radius 3 is 2.76 bits per heavy atom. The number of carbonyl (C=O) groups excluding carboxylic acids is 1. The number of esters is 1. The molecular weight excluding hydrogens is 313 g/mol. The van der Waals surface area contributed by atoms with Crippen LogP contribution >= 0.6 is 23.2 Å². The van der Waals surface area contributed by atoms with Gasteiger partial charge in [0.05, 0.1) is 40.3 Å². The molecule has 5 nitrogen and oxygen atoms in total. The average molecular weight is 326 g/mol. The maximum atomic E-state index is 11.6. The number of anilines is 3. The standard InChI is InChI=1S/C14H13Cl2N3O2/c1-7-3-4-9(15)13(12(7)16)19-11-5-8(14(20)21-2)10(17)6-18-11/h3-6H,17H2,1-2H3,(H,18,19). The molecule has 0 bridgehead atoms. The van der Waals surface area contributed by atoms with E-state index >= 15 is 0 Å². The summed E-state index contributed by atoms with van der Waals surface area (Å²) in [6, 6.07) is 5.02. The predicted molar refractivity (Wildman–Crippen MR) is 84.5 cm³/mol. The number of nitrogens with one attached hydrogen (secondary N) is 1. The molecule has 110 valence electrons. The fourth-order valence-electron chi connectivity index (χ4n) is 1.72. The van der Waals surface area contributed by atoms with Crippen LogP contribution in [0.5, 0.6) is 0 Å². The molecule has 0 aliphatic heterocycles. The van der Waals surface area contributed by atoms with Crippen LogP contribution in [0.25, 0.3) is 0 Å². The van der Waals surface area contributed by atoms with Crippen molar-refractivity contribution in [3.63, 3.8) is 0 Å². The van der Waals surface area contributed by atoms with Crippen molar-refractivity contribution in [1.29, 1.82) is 0 Å². The Balaban J connectivity index is 2.41. The predicted octanol–water partition coefficient (Wildman–Crippen LogP) is 3.81. The van der Waals surface area contributed by atoms with Gasteiger partial charge < -0.3 is 15.8 Å². The van der Waals surface area contributed by atoms with E-state index in [1.54, 1.807) is 6.07 Å². The Bertz CT molecular complexity index is 705. The van der Waals surface area contributed by atoms with E-state index < -0.39 is 5.97 Å². The SMILES string of the molecule is COC(=O)c1cc(Nc2c(Cl)ccc(C)c2Cl)ncc1N. The smallest absolute Gasteiger partial charge is 0.340 e. The van der Waals surface area contributed by atoms with Crippen LogP contribution in [0.4, 0.5) is 17.2 Å². The van der Waals surface area contributed by atoms with Crippen LogP contribution in [0.1, 0.15) is 15.9 Å². The van der Waals surface area contributed by atoms with Crippen LogP contribution < -0.4 is 11.1 Å². The lowest BCUT2D eigenvalue weighted by Crippen LogP contribution is -2.07. The number of methoxy groups -OCH3 is 1. The number of hydrogen-bond donors (Lipinski definition) is 2. The Hall–Kier alpha value is -1.98. The van der Waals surface area contributed by atoms with Crippen LogP contribution in [0, 0.1) is 6.92 Å². The van der Waals surface area contributed by atoms with Gasteiger partial charge in [-0.25, -0.2) is 9.78 Å². The molecule has 0 aliphatic carbocycles. The van der Waals surface area contributed by atoms with Crippen molar-refractivity contribution in [2.75, 3.05) is 18.2 Å². The van der Waals surface area contributed by atoms with Crippen LogP contribution in [0.15, 0.2) is 24.4 Å². The van der Waals surface area contributed by atoms with E-state index in [4.69, 9.17) is 28.9 Å². The van der Waals surface area contributed by atoms with Crippen LogP contribution in [0.3, 0.4) is 0 Å². The molecule has 0 spiro atoms. The van der Waals surface area contributed by atoms with Crippen LogP contribution in [-0.2, 0) is 4.74 Å². The van der Waals surface area contributed by atoms with Crippen LogP contribution in [-0.4, -0.2) is 18.1 Å². The number of hydrogen-bond acceptors (Lipinski definition) is 5. The summed E-state index contributed by atoms with van der Waals surface area (Å²) < 4.78 is 4.66. The Morgan fingerprint density at radius 2 is 2.10 bits per heavy atom. The molecular formula is C14H13Cl2N3O2. The molecule has 0 saturated heterocycles. The highest BCUT2D eigenvalue weighted by Gasteiger charge is 2.14. The lowest BCUT2D eigenvalue weighted by Gasteiger charge is -2.12. The highest BCUT2D eigenvalue weighted by molar-refractivity contribution is 6.39. The van der Waals surface area contributed by atoms with E-state index in [0.717, 1.165) is 5.56 Å². The number of aromatic nitrogens is 1. The second kappa shape index (κ2) is 6.20. The van der Waals surface area contributed by atoms with Gasteiger partial charge in [0.2, 0.25) is 0 Å². The molecule has 0 saturated carbocycles. The minimum absolute atomic E-state index is 0.217. The molecule has 1 heterocycles. The molecule has 0 unspecified atom stereocenters. The number of halogens is 2. The third-order valence-corrected chi connectivity index (χ3v) is 3.68. The zero-order valence-corrected chi connectivity index (χ0v) is 12.9. The van der Waals surface area contributed by atoms with Crippen LogP contribution in [0.2, 0.25) is 10.0 Å². The summed E-state index contributed by atoms with van der Waals surface area (Å²) in [5.41, 5.74) is 7.54. The zero-order chi connectivity index (χ0) is 15.6. The summed E-state index contributed by atoms with van der Waals surface area (Å²) >= 11 is 12.3. The monoisotopic (exact) mass is 325 g/mol. The summed E-state index contributed by atoms with van der Waals surface area (Å²) in [6.07, 6.45) is 1.37. The second-order valence-corrected chi connectivity index (χ2v) is 5.11. The van der Waals surface area contributed by atoms with Crippen molar-refractivity contribution >= 4 is 46.4 Å². The van der Waals surface area contributed by atoms with Crippen molar-refractivity contribution in [2.45, 2.75) is 6.92 Å². The highest BCUT2D eigenvalue weighted by atomic mass is 35.5. The van der Waals surface area contributed by atoms with Gasteiger partial charge in [-0.05, 0) is 24.6 Å². The Morgan fingerprint density at radius 1 is 1.38 bits per heavy atom. The van der Waals surface area contributed by atoms with Gasteiger partial charge in [0.15, 0.2) is 0 Å². The molecule has 3 N–H and O–H groups in total. The van der Waals surface area contributed by atoms with E-state index in [2.05, 4.69) is 15.0 Å². The number of rotatable bonds is 3. The van der Waals surface area contributed by atoms with Crippen molar-refractivity contribution in [1.82, 2.24) is 4.98 Å². The van der Waals surface area contributed by atoms with Crippen molar-refractivity contribution in [2.24, 2.45) is 0 Å². The first-order valence-corrected chi connectivity index (χ1v) is 6.75. The van der Waals surface area contributed by atoms with Gasteiger partial charge in [-0.15, -0.1) is 0 Å². The molecule has 1 aromatic heterocycles. The summed E-state index contributed by atoms with van der Waals surface area (Å²) in [5, 5.41) is 3.92. The normalized spacial score (nSPS) is 10.3. The van der Waals surface area contributed by atoms with Crippen molar-refractivity contribution in [3.8, 4) is 0 Å². The van der Waals surface area contributed by atoms with Gasteiger partial charge >= 0.3 is 5.97 Å². The number of ether oxygens (including phenoxy) is 1. The third kappa shape index (κ3) is 3.20. The quantitative estimate of drug-likeness (QED) is 0.839. The number of nitrogens with zero attached hydrogens (tertiary/aromatic N) is 1. The van der Waals surface area contributed by atoms with E-state index in [9.17, 15) is 4.79 Å². The summed E-state index contributed by atoms with van der Waals surface area (Å²) in [6.45, 7) is 1.86. The number of nitrogen functional groups attached to an aromatic ring is 1. The van der Waals surface area contributed by atoms with E-state index in [-0.39, 0.29) is 11.3 Å². The Kier molecular flexibility index (Phi) is 4.55. The zero-order valence-electron chi connectivity index (χ0n) is 11.4. The first-order chi connectivity index (χ1) is 9.93. The summed E-state index contributed by atoms with van der Waals surface area (Å²) in [7, 11) is 1.28. The maximum Gasteiger partial charge on any atom is 0.340 e. The molecule has 21 heavy (non-hydrogen) atoms.